The van der Waals surface area contributed by atoms with Crippen molar-refractivity contribution in [3.63, 3.8) is 0 Å². The number of benzene rings is 1. The number of hydrogen-bond donors (Lipinski definition) is 1. The minimum absolute atomic E-state index is 0.0102. The third-order valence-electron chi connectivity index (χ3n) is 4.32. The first-order valence-electron chi connectivity index (χ1n) is 9.21. The van der Waals surface area contributed by atoms with Gasteiger partial charge in [0.2, 0.25) is 5.88 Å². The first-order chi connectivity index (χ1) is 15.1. The molecule has 1 N–H and O–H groups in total. The van der Waals surface area contributed by atoms with Gasteiger partial charge < -0.3 is 9.47 Å². The number of rotatable bonds is 9. The molecule has 0 unspecified atom stereocenters. The monoisotopic (exact) mass is 497 g/mol. The lowest BCUT2D eigenvalue weighted by Crippen LogP contribution is -2.35. The van der Waals surface area contributed by atoms with Crippen LogP contribution in [0.4, 0.5) is 22.0 Å². The molecule has 1 fully saturated rings. The fraction of sp³-hybridized carbons (Fsp3) is 0.368. The summed E-state index contributed by atoms with van der Waals surface area (Å²) >= 11 is 7.00. The van der Waals surface area contributed by atoms with Crippen molar-refractivity contribution in [3.8, 4) is 17.4 Å². The van der Waals surface area contributed by atoms with E-state index in [4.69, 9.17) is 16.3 Å². The standard InChI is InChI=1S/C19H17ClF5N3O3S/c1-10-5-12(16(29)27-32-28-3-2-4-28)14(21)7-15(10)31-11-6-13(20)17(26-8-11)30-9-19(24,25)18(22)23/h5-8,18H,2-4,9H2,1H3,(H,27,29). The van der Waals surface area contributed by atoms with Crippen LogP contribution in [-0.2, 0) is 0 Å². The van der Waals surface area contributed by atoms with E-state index in [2.05, 4.69) is 14.4 Å². The third kappa shape index (κ3) is 5.93. The number of aryl methyl sites for hydroxylation is 1. The molecule has 32 heavy (non-hydrogen) atoms. The molecular weight excluding hydrogens is 481 g/mol. The predicted molar refractivity (Wildman–Crippen MR) is 108 cm³/mol. The molecule has 3 rings (SSSR count). The van der Waals surface area contributed by atoms with Crippen LogP contribution in [0.15, 0.2) is 24.4 Å². The van der Waals surface area contributed by atoms with E-state index in [0.717, 1.165) is 50.0 Å². The van der Waals surface area contributed by atoms with E-state index in [1.807, 2.05) is 4.31 Å². The van der Waals surface area contributed by atoms with Crippen molar-refractivity contribution in [1.82, 2.24) is 14.0 Å². The Bertz CT molecular complexity index is 995. The molecule has 1 amide bonds. The van der Waals surface area contributed by atoms with E-state index in [-0.39, 0.29) is 22.1 Å². The molecule has 0 radical (unpaired) electrons. The second kappa shape index (κ2) is 10.1. The molecule has 2 heterocycles. The average Bonchev–Trinajstić information content (AvgIpc) is 2.68. The first kappa shape index (κ1) is 24.3. The number of amides is 1. The number of nitrogens with one attached hydrogen (secondary N) is 1. The minimum Gasteiger partial charge on any atom is -0.470 e. The van der Waals surface area contributed by atoms with Crippen molar-refractivity contribution in [2.45, 2.75) is 25.7 Å². The van der Waals surface area contributed by atoms with Gasteiger partial charge in [0.1, 0.15) is 22.3 Å². The number of pyridine rings is 1. The van der Waals surface area contributed by atoms with Crippen LogP contribution in [0.5, 0.6) is 17.4 Å². The summed E-state index contributed by atoms with van der Waals surface area (Å²) < 4.78 is 79.4. The fourth-order valence-corrected chi connectivity index (χ4v) is 3.38. The Balaban J connectivity index is 1.66. The van der Waals surface area contributed by atoms with Gasteiger partial charge in [0.05, 0.1) is 11.8 Å². The van der Waals surface area contributed by atoms with E-state index >= 15 is 0 Å². The Morgan fingerprint density at radius 2 is 2.06 bits per heavy atom. The second-order valence-electron chi connectivity index (χ2n) is 6.81. The van der Waals surface area contributed by atoms with Crippen LogP contribution in [0.25, 0.3) is 0 Å². The minimum atomic E-state index is -4.36. The maximum atomic E-state index is 14.5. The predicted octanol–water partition coefficient (Wildman–Crippen LogP) is 5.25. The number of halogens is 6. The fourth-order valence-electron chi connectivity index (χ4n) is 2.41. The van der Waals surface area contributed by atoms with Gasteiger partial charge in [-0.25, -0.2) is 22.5 Å². The summed E-state index contributed by atoms with van der Waals surface area (Å²) in [5.41, 5.74) is 0.265. The molecule has 6 nitrogen and oxygen atoms in total. The third-order valence-corrected chi connectivity index (χ3v) is 5.49. The molecule has 1 saturated heterocycles. The van der Waals surface area contributed by atoms with Crippen molar-refractivity contribution in [2.75, 3.05) is 19.7 Å². The van der Waals surface area contributed by atoms with Gasteiger partial charge in [0.25, 0.3) is 5.91 Å². The number of carbonyl (C=O) groups excluding carboxylic acids is 1. The SMILES string of the molecule is Cc1cc(C(=O)NSN2CCC2)c(F)cc1Oc1cnc(OCC(F)(F)C(F)F)c(Cl)c1. The molecule has 174 valence electrons. The van der Waals surface area contributed by atoms with Crippen molar-refractivity contribution in [1.29, 1.82) is 0 Å². The van der Waals surface area contributed by atoms with E-state index in [1.165, 1.54) is 6.07 Å². The van der Waals surface area contributed by atoms with Crippen LogP contribution in [0, 0.1) is 12.7 Å². The summed E-state index contributed by atoms with van der Waals surface area (Å²) in [4.78, 5) is 15.9. The highest BCUT2D eigenvalue weighted by Gasteiger charge is 2.42. The van der Waals surface area contributed by atoms with Gasteiger partial charge in [-0.05, 0) is 25.0 Å². The zero-order chi connectivity index (χ0) is 23.5. The molecule has 1 aliphatic heterocycles. The maximum Gasteiger partial charge on any atom is 0.340 e. The van der Waals surface area contributed by atoms with Gasteiger partial charge in [-0.3, -0.25) is 9.52 Å². The molecule has 0 atom stereocenters. The number of nitrogens with zero attached hydrogens (tertiary/aromatic N) is 2. The van der Waals surface area contributed by atoms with Gasteiger partial charge >= 0.3 is 12.3 Å². The Labute approximate surface area is 189 Å². The van der Waals surface area contributed by atoms with Crippen LogP contribution in [0.2, 0.25) is 5.02 Å². The number of hydrogen-bond acceptors (Lipinski definition) is 6. The number of aromatic nitrogens is 1. The Hall–Kier alpha value is -2.31. The summed E-state index contributed by atoms with van der Waals surface area (Å²) in [6.45, 7) is 1.66. The van der Waals surface area contributed by atoms with Crippen LogP contribution < -0.4 is 14.2 Å². The van der Waals surface area contributed by atoms with Crippen LogP contribution in [-0.4, -0.2) is 47.2 Å². The Morgan fingerprint density at radius 3 is 2.66 bits per heavy atom. The summed E-state index contributed by atoms with van der Waals surface area (Å²) in [6.07, 6.45) is -1.82. The summed E-state index contributed by atoms with van der Waals surface area (Å²) in [6, 6.07) is 3.47. The normalized spacial score (nSPS) is 14.2. The molecule has 1 aromatic carbocycles. The number of carbonyl (C=O) groups is 1. The van der Waals surface area contributed by atoms with Crippen LogP contribution >= 0.6 is 23.7 Å². The van der Waals surface area contributed by atoms with Gasteiger partial charge in [-0.15, -0.1) is 0 Å². The van der Waals surface area contributed by atoms with E-state index in [1.54, 1.807) is 6.92 Å². The molecule has 1 aliphatic rings. The molecule has 2 aromatic rings. The van der Waals surface area contributed by atoms with Gasteiger partial charge in [0.15, 0.2) is 6.61 Å². The lowest BCUT2D eigenvalue weighted by atomic mass is 10.1. The molecule has 0 bridgehead atoms. The van der Waals surface area contributed by atoms with Crippen molar-refractivity contribution >= 4 is 29.6 Å². The second-order valence-corrected chi connectivity index (χ2v) is 8.12. The molecule has 0 aliphatic carbocycles. The molecule has 0 spiro atoms. The lowest BCUT2D eigenvalue weighted by Gasteiger charge is -2.28. The summed E-state index contributed by atoms with van der Waals surface area (Å²) in [5.74, 6) is -6.20. The first-order valence-corrected chi connectivity index (χ1v) is 10.4. The van der Waals surface area contributed by atoms with E-state index in [9.17, 15) is 26.7 Å². The molecule has 1 aromatic heterocycles. The van der Waals surface area contributed by atoms with E-state index in [0.29, 0.717) is 5.56 Å². The zero-order valence-electron chi connectivity index (χ0n) is 16.5. The maximum absolute atomic E-state index is 14.5. The van der Waals surface area contributed by atoms with Crippen molar-refractivity contribution < 1.29 is 36.2 Å². The topological polar surface area (TPSA) is 63.7 Å². The van der Waals surface area contributed by atoms with Crippen LogP contribution in [0.3, 0.4) is 0 Å². The van der Waals surface area contributed by atoms with Crippen LogP contribution in [0.1, 0.15) is 22.3 Å². The lowest BCUT2D eigenvalue weighted by molar-refractivity contribution is -0.148. The molecule has 13 heteroatoms. The number of alkyl halides is 4. The number of ether oxygens (including phenoxy) is 2. The highest BCUT2D eigenvalue weighted by atomic mass is 35.5. The Kier molecular flexibility index (Phi) is 7.67. The van der Waals surface area contributed by atoms with Crippen molar-refractivity contribution in [3.05, 3.63) is 46.4 Å². The van der Waals surface area contributed by atoms with Crippen molar-refractivity contribution in [2.24, 2.45) is 0 Å². The molecule has 0 saturated carbocycles. The Morgan fingerprint density at radius 1 is 1.34 bits per heavy atom. The smallest absolute Gasteiger partial charge is 0.340 e. The van der Waals surface area contributed by atoms with Gasteiger partial charge in [0, 0.05) is 37.4 Å². The zero-order valence-corrected chi connectivity index (χ0v) is 18.1. The van der Waals surface area contributed by atoms with Gasteiger partial charge in [-0.2, -0.15) is 8.78 Å². The molecular formula is C19H17ClF5N3O3S. The summed E-state index contributed by atoms with van der Waals surface area (Å²) in [5, 5.41) is -0.273. The average molecular weight is 498 g/mol. The summed E-state index contributed by atoms with van der Waals surface area (Å²) in [7, 11) is 0. The van der Waals surface area contributed by atoms with Gasteiger partial charge in [-0.1, -0.05) is 11.6 Å². The quantitative estimate of drug-likeness (QED) is 0.377. The largest absolute Gasteiger partial charge is 0.470 e. The highest BCUT2D eigenvalue weighted by molar-refractivity contribution is 7.95. The van der Waals surface area contributed by atoms with E-state index < -0.39 is 36.6 Å². The highest BCUT2D eigenvalue weighted by Crippen LogP contribution is 2.33.